The molecule has 2 amide bonds. The molecule has 0 N–H and O–H groups in total. The SMILES string of the molecule is CC(C)N(C(=O)N1CCOCC1)C1CC1. The van der Waals surface area contributed by atoms with E-state index in [0.717, 1.165) is 13.1 Å². The smallest absolute Gasteiger partial charge is 0.320 e. The van der Waals surface area contributed by atoms with E-state index >= 15 is 0 Å². The van der Waals surface area contributed by atoms with Gasteiger partial charge in [0, 0.05) is 25.2 Å². The van der Waals surface area contributed by atoms with Crippen LogP contribution in [0.2, 0.25) is 0 Å². The Labute approximate surface area is 91.2 Å². The third kappa shape index (κ3) is 2.43. The van der Waals surface area contributed by atoms with Crippen LogP contribution in [0.1, 0.15) is 26.7 Å². The van der Waals surface area contributed by atoms with Crippen molar-refractivity contribution in [3.05, 3.63) is 0 Å². The minimum Gasteiger partial charge on any atom is -0.378 e. The van der Waals surface area contributed by atoms with E-state index in [-0.39, 0.29) is 6.03 Å². The molecule has 0 aromatic carbocycles. The Bertz CT molecular complexity index is 231. The second-order valence-corrected chi connectivity index (χ2v) is 4.61. The van der Waals surface area contributed by atoms with E-state index < -0.39 is 0 Å². The highest BCUT2D eigenvalue weighted by Gasteiger charge is 2.36. The van der Waals surface area contributed by atoms with Gasteiger partial charge in [0.2, 0.25) is 0 Å². The van der Waals surface area contributed by atoms with Gasteiger partial charge in [-0.1, -0.05) is 0 Å². The predicted octanol–water partition coefficient (Wildman–Crippen LogP) is 1.31. The number of morpholine rings is 1. The molecule has 1 saturated heterocycles. The molecular weight excluding hydrogens is 192 g/mol. The van der Waals surface area contributed by atoms with Crippen LogP contribution in [0.4, 0.5) is 4.79 Å². The molecule has 1 heterocycles. The summed E-state index contributed by atoms with van der Waals surface area (Å²) in [6, 6.07) is 1.02. The molecule has 1 aliphatic carbocycles. The lowest BCUT2D eigenvalue weighted by atomic mass is 10.3. The first kappa shape index (κ1) is 10.7. The molecule has 2 rings (SSSR count). The molecule has 1 saturated carbocycles. The highest BCUT2D eigenvalue weighted by atomic mass is 16.5. The zero-order valence-electron chi connectivity index (χ0n) is 9.61. The quantitative estimate of drug-likeness (QED) is 0.691. The average Bonchev–Trinajstić information content (AvgIpc) is 3.03. The molecule has 86 valence electrons. The van der Waals surface area contributed by atoms with E-state index in [4.69, 9.17) is 4.74 Å². The number of amides is 2. The summed E-state index contributed by atoms with van der Waals surface area (Å²) in [5, 5.41) is 0. The summed E-state index contributed by atoms with van der Waals surface area (Å²) < 4.78 is 5.25. The molecule has 0 spiro atoms. The third-order valence-corrected chi connectivity index (χ3v) is 3.00. The zero-order chi connectivity index (χ0) is 10.8. The van der Waals surface area contributed by atoms with E-state index in [9.17, 15) is 4.79 Å². The van der Waals surface area contributed by atoms with Crippen LogP contribution in [-0.4, -0.2) is 54.2 Å². The molecule has 0 aromatic heterocycles. The molecule has 0 radical (unpaired) electrons. The molecule has 1 aliphatic heterocycles. The Morgan fingerprint density at radius 2 is 1.93 bits per heavy atom. The van der Waals surface area contributed by atoms with Gasteiger partial charge in [-0.3, -0.25) is 0 Å². The van der Waals surface area contributed by atoms with Gasteiger partial charge in [-0.05, 0) is 26.7 Å². The molecule has 2 fully saturated rings. The lowest BCUT2D eigenvalue weighted by Gasteiger charge is -2.35. The largest absolute Gasteiger partial charge is 0.378 e. The Kier molecular flexibility index (Phi) is 3.14. The topological polar surface area (TPSA) is 32.8 Å². The van der Waals surface area contributed by atoms with Crippen molar-refractivity contribution in [3.63, 3.8) is 0 Å². The van der Waals surface area contributed by atoms with Crippen LogP contribution in [0, 0.1) is 0 Å². The van der Waals surface area contributed by atoms with E-state index in [1.807, 2.05) is 9.80 Å². The molecule has 0 aromatic rings. The molecule has 0 unspecified atom stereocenters. The maximum Gasteiger partial charge on any atom is 0.320 e. The van der Waals surface area contributed by atoms with Gasteiger partial charge in [0.25, 0.3) is 0 Å². The van der Waals surface area contributed by atoms with Crippen molar-refractivity contribution in [2.75, 3.05) is 26.3 Å². The molecule has 0 bridgehead atoms. The molecule has 4 nitrogen and oxygen atoms in total. The van der Waals surface area contributed by atoms with Crippen LogP contribution < -0.4 is 0 Å². The number of urea groups is 1. The van der Waals surface area contributed by atoms with Crippen LogP contribution >= 0.6 is 0 Å². The number of hydrogen-bond donors (Lipinski definition) is 0. The molecule has 0 atom stereocenters. The van der Waals surface area contributed by atoms with Crippen molar-refractivity contribution in [2.45, 2.75) is 38.8 Å². The zero-order valence-corrected chi connectivity index (χ0v) is 9.61. The summed E-state index contributed by atoms with van der Waals surface area (Å²) in [6.07, 6.45) is 2.35. The summed E-state index contributed by atoms with van der Waals surface area (Å²) in [4.78, 5) is 16.2. The fraction of sp³-hybridized carbons (Fsp3) is 0.909. The van der Waals surface area contributed by atoms with Crippen LogP contribution in [0.15, 0.2) is 0 Å². The fourth-order valence-electron chi connectivity index (χ4n) is 2.07. The average molecular weight is 212 g/mol. The number of carbonyl (C=O) groups is 1. The van der Waals surface area contributed by atoms with E-state index in [1.54, 1.807) is 0 Å². The van der Waals surface area contributed by atoms with Crippen molar-refractivity contribution in [2.24, 2.45) is 0 Å². The summed E-state index contributed by atoms with van der Waals surface area (Å²) in [7, 11) is 0. The summed E-state index contributed by atoms with van der Waals surface area (Å²) >= 11 is 0. The highest BCUT2D eigenvalue weighted by Crippen LogP contribution is 2.29. The number of ether oxygens (including phenoxy) is 1. The molecule has 15 heavy (non-hydrogen) atoms. The Balaban J connectivity index is 1.96. The van der Waals surface area contributed by atoms with Gasteiger partial charge < -0.3 is 14.5 Å². The van der Waals surface area contributed by atoms with Gasteiger partial charge in [-0.2, -0.15) is 0 Å². The van der Waals surface area contributed by atoms with Crippen molar-refractivity contribution in [1.82, 2.24) is 9.80 Å². The first-order valence-electron chi connectivity index (χ1n) is 5.85. The molecule has 2 aliphatic rings. The first-order chi connectivity index (χ1) is 7.20. The van der Waals surface area contributed by atoms with Crippen molar-refractivity contribution < 1.29 is 9.53 Å². The van der Waals surface area contributed by atoms with Gasteiger partial charge in [-0.15, -0.1) is 0 Å². The summed E-state index contributed by atoms with van der Waals surface area (Å²) in [5.74, 6) is 0. The standard InChI is InChI=1S/C11H20N2O2/c1-9(2)13(10-3-4-10)11(14)12-5-7-15-8-6-12/h9-10H,3-8H2,1-2H3. The Hall–Kier alpha value is -0.770. The Morgan fingerprint density at radius 3 is 2.40 bits per heavy atom. The van der Waals surface area contributed by atoms with Crippen molar-refractivity contribution in [1.29, 1.82) is 0 Å². The predicted molar refractivity (Wildman–Crippen MR) is 57.8 cm³/mol. The third-order valence-electron chi connectivity index (χ3n) is 3.00. The number of hydrogen-bond acceptors (Lipinski definition) is 2. The maximum absolute atomic E-state index is 12.2. The summed E-state index contributed by atoms with van der Waals surface area (Å²) in [6.45, 7) is 7.04. The monoisotopic (exact) mass is 212 g/mol. The van der Waals surface area contributed by atoms with E-state index in [2.05, 4.69) is 13.8 Å². The van der Waals surface area contributed by atoms with Gasteiger partial charge in [0.15, 0.2) is 0 Å². The van der Waals surface area contributed by atoms with E-state index in [1.165, 1.54) is 12.8 Å². The Morgan fingerprint density at radius 1 is 1.33 bits per heavy atom. The number of rotatable bonds is 2. The number of carbonyl (C=O) groups excluding carboxylic acids is 1. The first-order valence-corrected chi connectivity index (χ1v) is 5.85. The van der Waals surface area contributed by atoms with Gasteiger partial charge >= 0.3 is 6.03 Å². The van der Waals surface area contributed by atoms with Crippen LogP contribution in [0.25, 0.3) is 0 Å². The van der Waals surface area contributed by atoms with Crippen molar-refractivity contribution >= 4 is 6.03 Å². The summed E-state index contributed by atoms with van der Waals surface area (Å²) in [5.41, 5.74) is 0. The second kappa shape index (κ2) is 4.39. The minimum absolute atomic E-state index is 0.204. The minimum atomic E-state index is 0.204. The van der Waals surface area contributed by atoms with E-state index in [0.29, 0.717) is 25.3 Å². The number of nitrogens with zero attached hydrogens (tertiary/aromatic N) is 2. The lowest BCUT2D eigenvalue weighted by Crippen LogP contribution is -2.51. The van der Waals surface area contributed by atoms with Gasteiger partial charge in [0.05, 0.1) is 13.2 Å². The molecule has 4 heteroatoms. The fourth-order valence-corrected chi connectivity index (χ4v) is 2.07. The maximum atomic E-state index is 12.2. The van der Waals surface area contributed by atoms with Gasteiger partial charge in [-0.25, -0.2) is 4.79 Å². The highest BCUT2D eigenvalue weighted by molar-refractivity contribution is 5.75. The van der Waals surface area contributed by atoms with Crippen LogP contribution in [0.3, 0.4) is 0 Å². The van der Waals surface area contributed by atoms with Gasteiger partial charge in [0.1, 0.15) is 0 Å². The lowest BCUT2D eigenvalue weighted by molar-refractivity contribution is 0.0396. The van der Waals surface area contributed by atoms with Crippen LogP contribution in [-0.2, 0) is 4.74 Å². The second-order valence-electron chi connectivity index (χ2n) is 4.61. The van der Waals surface area contributed by atoms with Crippen LogP contribution in [0.5, 0.6) is 0 Å². The normalized spacial score (nSPS) is 21.9. The molecular formula is C11H20N2O2. The van der Waals surface area contributed by atoms with Crippen molar-refractivity contribution in [3.8, 4) is 0 Å².